The van der Waals surface area contributed by atoms with Crippen LogP contribution in [0.25, 0.3) is 0 Å². The van der Waals surface area contributed by atoms with Crippen LogP contribution in [0.2, 0.25) is 0 Å². The van der Waals surface area contributed by atoms with E-state index in [4.69, 9.17) is 5.84 Å². The number of nitrogens with two attached hydrogens (primary N) is 1. The summed E-state index contributed by atoms with van der Waals surface area (Å²) in [4.78, 5) is 28.9. The molecule has 1 saturated heterocycles. The van der Waals surface area contributed by atoms with Gasteiger partial charge in [-0.1, -0.05) is 53.9 Å². The molecule has 0 spiro atoms. The first-order valence-corrected chi connectivity index (χ1v) is 13.4. The van der Waals surface area contributed by atoms with Gasteiger partial charge in [-0.2, -0.15) is 0 Å². The summed E-state index contributed by atoms with van der Waals surface area (Å²) < 4.78 is 1.38. The molecule has 1 fully saturated rings. The number of carbonyl (C=O) groups is 2. The van der Waals surface area contributed by atoms with Gasteiger partial charge in [-0.15, -0.1) is 10.2 Å². The van der Waals surface area contributed by atoms with Crippen molar-refractivity contribution >= 4 is 35.3 Å². The lowest BCUT2D eigenvalue weighted by atomic mass is 9.90. The molecule has 0 radical (unpaired) electrons. The molecule has 180 valence electrons. The van der Waals surface area contributed by atoms with E-state index in [1.54, 1.807) is 4.90 Å². The van der Waals surface area contributed by atoms with E-state index >= 15 is 0 Å². The lowest BCUT2D eigenvalue weighted by Crippen LogP contribution is -2.42. The van der Waals surface area contributed by atoms with E-state index in [1.165, 1.54) is 33.8 Å². The zero-order valence-corrected chi connectivity index (χ0v) is 21.3. The maximum absolute atomic E-state index is 13.0. The number of amides is 2. The lowest BCUT2D eigenvalue weighted by Gasteiger charge is -2.33. The third-order valence-corrected chi connectivity index (χ3v) is 7.97. The third kappa shape index (κ3) is 6.89. The van der Waals surface area contributed by atoms with Crippen LogP contribution in [0.15, 0.2) is 40.6 Å². The molecule has 1 aromatic heterocycles. The van der Waals surface area contributed by atoms with Crippen LogP contribution in [0, 0.1) is 5.92 Å². The minimum absolute atomic E-state index is 0.0430. The number of nitrogens with zero attached hydrogens (tertiary/aromatic N) is 5. The number of likely N-dealkylation sites (tertiary alicyclic amines) is 1. The molecule has 1 aliphatic heterocycles. The van der Waals surface area contributed by atoms with Crippen LogP contribution in [0.3, 0.4) is 0 Å². The number of aromatic nitrogens is 3. The van der Waals surface area contributed by atoms with Crippen molar-refractivity contribution in [2.45, 2.75) is 55.6 Å². The Hall–Kier alpha value is -2.20. The Balaban J connectivity index is 1.47. The van der Waals surface area contributed by atoms with E-state index in [9.17, 15) is 9.59 Å². The molecule has 3 rings (SSSR count). The normalized spacial score (nSPS) is 15.4. The molecule has 0 aliphatic carbocycles. The van der Waals surface area contributed by atoms with Crippen molar-refractivity contribution in [2.24, 2.45) is 5.92 Å². The first-order chi connectivity index (χ1) is 15.9. The maximum Gasteiger partial charge on any atom is 0.235 e. The van der Waals surface area contributed by atoms with Gasteiger partial charge in [-0.3, -0.25) is 9.59 Å². The fourth-order valence-corrected chi connectivity index (χ4v) is 5.68. The van der Waals surface area contributed by atoms with Crippen molar-refractivity contribution in [3.8, 4) is 0 Å². The number of rotatable bonds is 10. The van der Waals surface area contributed by atoms with Crippen LogP contribution in [0.5, 0.6) is 0 Å². The zero-order chi connectivity index (χ0) is 23.8. The number of nitrogen functional groups attached to an aromatic ring is 1. The standard InChI is InChI=1S/C23H34N6O2S2/c1-4-27(5-2)20(30)16-32-22-25-26-23(29(22)24)33-17(3)21(31)28-13-11-19(12-14-28)15-18-9-7-6-8-10-18/h6-10,17,19H,4-5,11-16,24H2,1-3H3. The molecule has 2 aromatic rings. The van der Waals surface area contributed by atoms with Gasteiger partial charge < -0.3 is 15.6 Å². The van der Waals surface area contributed by atoms with Gasteiger partial charge in [-0.05, 0) is 51.5 Å². The molecule has 2 amide bonds. The fourth-order valence-electron chi connectivity index (χ4n) is 4.01. The minimum Gasteiger partial charge on any atom is -0.343 e. The van der Waals surface area contributed by atoms with Gasteiger partial charge in [0.25, 0.3) is 0 Å². The van der Waals surface area contributed by atoms with Gasteiger partial charge in [0.2, 0.25) is 22.1 Å². The van der Waals surface area contributed by atoms with Crippen LogP contribution < -0.4 is 5.84 Å². The van der Waals surface area contributed by atoms with E-state index < -0.39 is 0 Å². The number of benzene rings is 1. The number of hydrogen-bond donors (Lipinski definition) is 1. The Labute approximate surface area is 204 Å². The molecular weight excluding hydrogens is 456 g/mol. The summed E-state index contributed by atoms with van der Waals surface area (Å²) in [6.45, 7) is 8.71. The Bertz CT molecular complexity index is 911. The summed E-state index contributed by atoms with van der Waals surface area (Å²) in [6.07, 6.45) is 3.11. The summed E-state index contributed by atoms with van der Waals surface area (Å²) in [6, 6.07) is 10.5. The highest BCUT2D eigenvalue weighted by atomic mass is 32.2. The summed E-state index contributed by atoms with van der Waals surface area (Å²) in [5, 5.41) is 8.89. The Morgan fingerprint density at radius 2 is 1.76 bits per heavy atom. The second kappa shape index (κ2) is 12.3. The Morgan fingerprint density at radius 3 is 2.39 bits per heavy atom. The molecule has 33 heavy (non-hydrogen) atoms. The van der Waals surface area contributed by atoms with Crippen LogP contribution >= 0.6 is 23.5 Å². The lowest BCUT2D eigenvalue weighted by molar-refractivity contribution is -0.131. The van der Waals surface area contributed by atoms with Gasteiger partial charge in [-0.25, -0.2) is 4.68 Å². The summed E-state index contributed by atoms with van der Waals surface area (Å²) >= 11 is 2.57. The van der Waals surface area contributed by atoms with Crippen molar-refractivity contribution < 1.29 is 9.59 Å². The fraction of sp³-hybridized carbons (Fsp3) is 0.565. The van der Waals surface area contributed by atoms with Crippen LogP contribution in [-0.4, -0.2) is 73.7 Å². The molecular formula is C23H34N6O2S2. The highest BCUT2D eigenvalue weighted by molar-refractivity contribution is 8.00. The molecule has 2 heterocycles. The molecule has 1 aromatic carbocycles. The second-order valence-electron chi connectivity index (χ2n) is 8.21. The average molecular weight is 491 g/mol. The molecule has 8 nitrogen and oxygen atoms in total. The largest absolute Gasteiger partial charge is 0.343 e. The maximum atomic E-state index is 13.0. The van der Waals surface area contributed by atoms with Gasteiger partial charge in [0, 0.05) is 26.2 Å². The first kappa shape index (κ1) is 25.4. The number of carbonyl (C=O) groups excluding carboxylic acids is 2. The van der Waals surface area contributed by atoms with Gasteiger partial charge in [0.15, 0.2) is 0 Å². The van der Waals surface area contributed by atoms with E-state index in [0.29, 0.717) is 29.3 Å². The predicted molar refractivity (Wildman–Crippen MR) is 134 cm³/mol. The van der Waals surface area contributed by atoms with Crippen LogP contribution in [0.1, 0.15) is 39.2 Å². The van der Waals surface area contributed by atoms with Gasteiger partial charge in [0.05, 0.1) is 11.0 Å². The highest BCUT2D eigenvalue weighted by Crippen LogP contribution is 2.28. The number of hydrogen-bond acceptors (Lipinski definition) is 7. The summed E-state index contributed by atoms with van der Waals surface area (Å²) in [5.41, 5.74) is 1.36. The topological polar surface area (TPSA) is 97.4 Å². The Kier molecular flexibility index (Phi) is 9.49. The smallest absolute Gasteiger partial charge is 0.235 e. The van der Waals surface area contributed by atoms with Crippen LogP contribution in [0.4, 0.5) is 0 Å². The number of piperidine rings is 1. The van der Waals surface area contributed by atoms with Crippen molar-refractivity contribution in [3.05, 3.63) is 35.9 Å². The molecule has 0 bridgehead atoms. The van der Waals surface area contributed by atoms with Crippen molar-refractivity contribution in [3.63, 3.8) is 0 Å². The van der Waals surface area contributed by atoms with Gasteiger partial charge in [0.1, 0.15) is 0 Å². The number of thioether (sulfide) groups is 2. The SMILES string of the molecule is CCN(CC)C(=O)CSc1nnc(SC(C)C(=O)N2CCC(Cc3ccccc3)CC2)n1N. The third-order valence-electron chi connectivity index (χ3n) is 6.00. The van der Waals surface area contributed by atoms with E-state index in [0.717, 1.165) is 32.4 Å². The van der Waals surface area contributed by atoms with E-state index in [-0.39, 0.29) is 22.8 Å². The molecule has 1 atom stereocenters. The Morgan fingerprint density at radius 1 is 1.12 bits per heavy atom. The minimum atomic E-state index is -0.308. The van der Waals surface area contributed by atoms with Crippen molar-refractivity contribution in [1.29, 1.82) is 0 Å². The quantitative estimate of drug-likeness (QED) is 0.404. The molecule has 1 unspecified atom stereocenters. The summed E-state index contributed by atoms with van der Waals surface area (Å²) in [5.74, 6) is 7.17. The van der Waals surface area contributed by atoms with Crippen molar-refractivity contribution in [1.82, 2.24) is 24.7 Å². The zero-order valence-electron chi connectivity index (χ0n) is 19.6. The molecule has 10 heteroatoms. The van der Waals surface area contributed by atoms with Crippen molar-refractivity contribution in [2.75, 3.05) is 37.8 Å². The molecule has 0 saturated carbocycles. The van der Waals surface area contributed by atoms with E-state index in [2.05, 4.69) is 34.5 Å². The summed E-state index contributed by atoms with van der Waals surface area (Å²) in [7, 11) is 0. The predicted octanol–water partition coefficient (Wildman–Crippen LogP) is 2.91. The molecule has 1 aliphatic rings. The van der Waals surface area contributed by atoms with E-state index in [1.807, 2.05) is 31.7 Å². The average Bonchev–Trinajstić information content (AvgIpc) is 3.18. The first-order valence-electron chi connectivity index (χ1n) is 11.5. The monoisotopic (exact) mass is 490 g/mol. The highest BCUT2D eigenvalue weighted by Gasteiger charge is 2.28. The second-order valence-corrected chi connectivity index (χ2v) is 10.5. The molecule has 2 N–H and O–H groups in total. The van der Waals surface area contributed by atoms with Gasteiger partial charge >= 0.3 is 0 Å². The van der Waals surface area contributed by atoms with Crippen LogP contribution in [-0.2, 0) is 16.0 Å².